The molecule has 0 aromatic heterocycles. The number of hydrogen-bond acceptors (Lipinski definition) is 1. The normalized spacial score (nSPS) is 12.5. The molecule has 0 unspecified atom stereocenters. The van der Waals surface area contributed by atoms with Gasteiger partial charge in [-0.25, -0.2) is 0 Å². The second kappa shape index (κ2) is 4.97. The molecule has 0 aliphatic rings. The summed E-state index contributed by atoms with van der Waals surface area (Å²) in [4.78, 5) is 0. The second-order valence-corrected chi connectivity index (χ2v) is 3.97. The summed E-state index contributed by atoms with van der Waals surface area (Å²) in [6.45, 7) is 11.1. The first-order valence-corrected chi connectivity index (χ1v) is 5.04. The Morgan fingerprint density at radius 2 is 2.21 bits per heavy atom. The van der Waals surface area contributed by atoms with E-state index in [1.54, 1.807) is 0 Å². The van der Waals surface area contributed by atoms with Crippen LogP contribution in [0.25, 0.3) is 0 Å². The Hall–Kier alpha value is -1.08. The lowest BCUT2D eigenvalue weighted by atomic mass is 10.1. The van der Waals surface area contributed by atoms with Crippen molar-refractivity contribution in [1.82, 2.24) is 5.32 Å². The summed E-state index contributed by atoms with van der Waals surface area (Å²) in [5.41, 5.74) is 3.82. The summed E-state index contributed by atoms with van der Waals surface area (Å²) in [7, 11) is 0. The molecule has 1 atom stereocenters. The van der Waals surface area contributed by atoms with Crippen molar-refractivity contribution in [2.45, 2.75) is 26.8 Å². The Labute approximate surface area is 86.8 Å². The maximum Gasteiger partial charge on any atom is 0.0294 e. The van der Waals surface area contributed by atoms with Gasteiger partial charge in [-0.3, -0.25) is 0 Å². The first kappa shape index (κ1) is 11.0. The third-order valence-electron chi connectivity index (χ3n) is 2.25. The summed E-state index contributed by atoms with van der Waals surface area (Å²) < 4.78 is 0. The molecule has 0 fully saturated rings. The third kappa shape index (κ3) is 3.35. The fourth-order valence-corrected chi connectivity index (χ4v) is 1.38. The molecule has 0 amide bonds. The number of hydrogen-bond donors (Lipinski definition) is 1. The molecule has 76 valence electrons. The topological polar surface area (TPSA) is 12.0 Å². The molecule has 14 heavy (non-hydrogen) atoms. The zero-order chi connectivity index (χ0) is 10.6. The van der Waals surface area contributed by atoms with Crippen LogP contribution in [0.5, 0.6) is 0 Å². The van der Waals surface area contributed by atoms with Crippen molar-refractivity contribution in [2.75, 3.05) is 6.54 Å². The van der Waals surface area contributed by atoms with Crippen molar-refractivity contribution in [1.29, 1.82) is 0 Å². The van der Waals surface area contributed by atoms with Gasteiger partial charge < -0.3 is 5.32 Å². The van der Waals surface area contributed by atoms with Gasteiger partial charge in [0.25, 0.3) is 0 Å². The molecule has 0 heterocycles. The first-order valence-electron chi connectivity index (χ1n) is 5.04. The van der Waals surface area contributed by atoms with Crippen molar-refractivity contribution < 1.29 is 0 Å². The molecule has 0 saturated carbocycles. The van der Waals surface area contributed by atoms with Gasteiger partial charge >= 0.3 is 0 Å². The van der Waals surface area contributed by atoms with Crippen LogP contribution in [0.3, 0.4) is 0 Å². The van der Waals surface area contributed by atoms with E-state index in [0.717, 1.165) is 6.54 Å². The lowest BCUT2D eigenvalue weighted by Gasteiger charge is -2.14. The van der Waals surface area contributed by atoms with Gasteiger partial charge in [-0.2, -0.15) is 0 Å². The van der Waals surface area contributed by atoms with Gasteiger partial charge in [-0.1, -0.05) is 42.0 Å². The van der Waals surface area contributed by atoms with Crippen LogP contribution in [0.1, 0.15) is 31.0 Å². The average molecular weight is 189 g/mol. The summed E-state index contributed by atoms with van der Waals surface area (Å²) in [5.74, 6) is 0. The van der Waals surface area contributed by atoms with Gasteiger partial charge in [-0.15, -0.1) is 0 Å². The summed E-state index contributed by atoms with van der Waals surface area (Å²) in [5, 5.41) is 3.43. The second-order valence-electron chi connectivity index (χ2n) is 3.97. The third-order valence-corrected chi connectivity index (χ3v) is 2.25. The van der Waals surface area contributed by atoms with Crippen LogP contribution < -0.4 is 5.32 Å². The molecule has 1 heteroatoms. The van der Waals surface area contributed by atoms with E-state index >= 15 is 0 Å². The SMILES string of the molecule is C=C(C)CN[C@H](C)c1cccc(C)c1. The zero-order valence-electron chi connectivity index (χ0n) is 9.30. The highest BCUT2D eigenvalue weighted by atomic mass is 14.9. The van der Waals surface area contributed by atoms with E-state index in [4.69, 9.17) is 0 Å². The molecule has 0 bridgehead atoms. The van der Waals surface area contributed by atoms with Crippen molar-refractivity contribution in [3.05, 3.63) is 47.5 Å². The van der Waals surface area contributed by atoms with Gasteiger partial charge in [0.05, 0.1) is 0 Å². The lowest BCUT2D eigenvalue weighted by Crippen LogP contribution is -2.20. The minimum absolute atomic E-state index is 0.395. The molecule has 0 radical (unpaired) electrons. The van der Waals surface area contributed by atoms with Crippen LogP contribution in [0.15, 0.2) is 36.4 Å². The molecule has 1 nitrogen and oxygen atoms in total. The van der Waals surface area contributed by atoms with Gasteiger partial charge in [0.2, 0.25) is 0 Å². The summed E-state index contributed by atoms with van der Waals surface area (Å²) in [6, 6.07) is 8.99. The Bertz CT molecular complexity index is 315. The van der Waals surface area contributed by atoms with Gasteiger partial charge in [0.15, 0.2) is 0 Å². The Balaban J connectivity index is 2.60. The molecule has 1 aromatic rings. The number of rotatable bonds is 4. The van der Waals surface area contributed by atoms with Crippen LogP contribution in [0.4, 0.5) is 0 Å². The van der Waals surface area contributed by atoms with E-state index in [1.807, 2.05) is 6.92 Å². The minimum Gasteiger partial charge on any atom is -0.306 e. The van der Waals surface area contributed by atoms with E-state index < -0.39 is 0 Å². The molecule has 1 N–H and O–H groups in total. The predicted octanol–water partition coefficient (Wildman–Crippen LogP) is 3.22. The highest BCUT2D eigenvalue weighted by Crippen LogP contribution is 2.13. The van der Waals surface area contributed by atoms with Gasteiger partial charge in [-0.05, 0) is 26.3 Å². The molecule has 0 saturated heterocycles. The molecular weight excluding hydrogens is 170 g/mol. The largest absolute Gasteiger partial charge is 0.306 e. The monoisotopic (exact) mass is 189 g/mol. The highest BCUT2D eigenvalue weighted by Gasteiger charge is 2.03. The smallest absolute Gasteiger partial charge is 0.0294 e. The van der Waals surface area contributed by atoms with Gasteiger partial charge in [0.1, 0.15) is 0 Å². The van der Waals surface area contributed by atoms with Crippen molar-refractivity contribution in [3.63, 3.8) is 0 Å². The first-order chi connectivity index (χ1) is 6.59. The standard InChI is InChI=1S/C13H19N/c1-10(2)9-14-12(4)13-7-5-6-11(3)8-13/h5-8,12,14H,1,9H2,2-4H3/t12-/m1/s1. The molecule has 1 rings (SSSR count). The predicted molar refractivity (Wildman–Crippen MR) is 62.4 cm³/mol. The summed E-state index contributed by atoms with van der Waals surface area (Å²) >= 11 is 0. The number of nitrogens with one attached hydrogen (secondary N) is 1. The summed E-state index contributed by atoms with van der Waals surface area (Å²) in [6.07, 6.45) is 0. The van der Waals surface area contributed by atoms with E-state index in [0.29, 0.717) is 6.04 Å². The Morgan fingerprint density at radius 3 is 2.79 bits per heavy atom. The quantitative estimate of drug-likeness (QED) is 0.717. The molecule has 1 aromatic carbocycles. The van der Waals surface area contributed by atoms with Crippen LogP contribution in [-0.4, -0.2) is 6.54 Å². The van der Waals surface area contributed by atoms with E-state index in [2.05, 4.69) is 50.0 Å². The van der Waals surface area contributed by atoms with Crippen molar-refractivity contribution in [3.8, 4) is 0 Å². The van der Waals surface area contributed by atoms with Crippen molar-refractivity contribution >= 4 is 0 Å². The van der Waals surface area contributed by atoms with Crippen LogP contribution in [0.2, 0.25) is 0 Å². The highest BCUT2D eigenvalue weighted by molar-refractivity contribution is 5.24. The number of aryl methyl sites for hydroxylation is 1. The maximum atomic E-state index is 3.88. The Kier molecular flexibility index (Phi) is 3.90. The molecule has 0 spiro atoms. The average Bonchev–Trinajstić information content (AvgIpc) is 2.14. The zero-order valence-corrected chi connectivity index (χ0v) is 9.30. The van der Waals surface area contributed by atoms with E-state index in [-0.39, 0.29) is 0 Å². The molecular formula is C13H19N. The number of benzene rings is 1. The molecule has 0 aliphatic carbocycles. The lowest BCUT2D eigenvalue weighted by molar-refractivity contribution is 0.607. The fraction of sp³-hybridized carbons (Fsp3) is 0.385. The van der Waals surface area contributed by atoms with Gasteiger partial charge in [0, 0.05) is 12.6 Å². The van der Waals surface area contributed by atoms with E-state index in [1.165, 1.54) is 16.7 Å². The minimum atomic E-state index is 0.395. The van der Waals surface area contributed by atoms with Crippen LogP contribution in [-0.2, 0) is 0 Å². The van der Waals surface area contributed by atoms with Crippen LogP contribution in [0, 0.1) is 6.92 Å². The van der Waals surface area contributed by atoms with E-state index in [9.17, 15) is 0 Å². The molecule has 0 aliphatic heterocycles. The maximum absolute atomic E-state index is 3.88. The van der Waals surface area contributed by atoms with Crippen molar-refractivity contribution in [2.24, 2.45) is 0 Å². The fourth-order valence-electron chi connectivity index (χ4n) is 1.38. The van der Waals surface area contributed by atoms with Crippen LogP contribution >= 0.6 is 0 Å². The Morgan fingerprint density at radius 1 is 1.50 bits per heavy atom.